The molecule has 2 aliphatic rings. The predicted octanol–water partition coefficient (Wildman–Crippen LogP) is 3.52. The fourth-order valence-corrected chi connectivity index (χ4v) is 4.58. The van der Waals surface area contributed by atoms with Gasteiger partial charge >= 0.3 is 0 Å². The van der Waals surface area contributed by atoms with Crippen molar-refractivity contribution in [3.05, 3.63) is 40.8 Å². The number of hydrogen-bond acceptors (Lipinski definition) is 5. The topological polar surface area (TPSA) is 85.1 Å². The fourth-order valence-electron chi connectivity index (χ4n) is 4.03. The fraction of sp³-hybridized carbons (Fsp3) is 0.455. The van der Waals surface area contributed by atoms with Crippen LogP contribution in [0.15, 0.2) is 40.8 Å². The molecule has 1 amide bonds. The van der Waals surface area contributed by atoms with Crippen LogP contribution >= 0.6 is 15.9 Å². The van der Waals surface area contributed by atoms with E-state index in [0.717, 1.165) is 52.9 Å². The van der Waals surface area contributed by atoms with Gasteiger partial charge in [-0.25, -0.2) is 4.98 Å². The first kappa shape index (κ1) is 20.9. The number of halogens is 1. The molecule has 2 aromatic rings. The zero-order valence-electron chi connectivity index (χ0n) is 17.5. The number of amides is 1. The molecule has 30 heavy (non-hydrogen) atoms. The minimum absolute atomic E-state index is 0.103. The molecule has 4 heterocycles. The Hall–Kier alpha value is -2.32. The van der Waals surface area contributed by atoms with E-state index in [1.54, 1.807) is 0 Å². The van der Waals surface area contributed by atoms with Gasteiger partial charge in [-0.1, -0.05) is 19.9 Å². The molecule has 0 unspecified atom stereocenters. The zero-order chi connectivity index (χ0) is 21.1. The van der Waals surface area contributed by atoms with Crippen LogP contribution in [0.4, 0.5) is 11.4 Å². The normalized spacial score (nSPS) is 19.1. The number of fused-ring (bicyclic) bond motifs is 1. The SMILES string of the molecule is CC(C)CN[C@@H]1CCCN(c2c(Br)cnc3[nH]cc(NC(=O)C4=CC=CNC4)c23)C1. The van der Waals surface area contributed by atoms with Crippen molar-refractivity contribution in [3.8, 4) is 0 Å². The first-order valence-corrected chi connectivity index (χ1v) is 11.4. The number of hydrogen-bond donors (Lipinski definition) is 4. The molecule has 0 radical (unpaired) electrons. The van der Waals surface area contributed by atoms with E-state index in [1.165, 1.54) is 6.42 Å². The van der Waals surface area contributed by atoms with Gasteiger partial charge < -0.3 is 25.8 Å². The van der Waals surface area contributed by atoms with Crippen LogP contribution in [0.2, 0.25) is 0 Å². The van der Waals surface area contributed by atoms with Gasteiger partial charge in [0.25, 0.3) is 5.91 Å². The van der Waals surface area contributed by atoms with E-state index >= 15 is 0 Å². The standard InChI is InChI=1S/C22H29BrN6O/c1-14(2)9-25-16-6-4-8-29(13-16)20-17(23)11-26-21-19(20)18(12-27-21)28-22(30)15-5-3-7-24-10-15/h3,5,7,11-12,14,16,24-25H,4,6,8-10,13H2,1-2H3,(H,26,27)(H,28,30)/t16-/m1/s1. The molecule has 8 heteroatoms. The maximum absolute atomic E-state index is 12.8. The van der Waals surface area contributed by atoms with Crippen molar-refractivity contribution in [1.29, 1.82) is 0 Å². The Morgan fingerprint density at radius 2 is 2.30 bits per heavy atom. The van der Waals surface area contributed by atoms with E-state index in [1.807, 2.05) is 30.7 Å². The number of carbonyl (C=O) groups excluding carboxylic acids is 1. The number of dihydropyridines is 1. The van der Waals surface area contributed by atoms with Gasteiger partial charge in [-0.2, -0.15) is 0 Å². The molecule has 7 nitrogen and oxygen atoms in total. The highest BCUT2D eigenvalue weighted by Crippen LogP contribution is 2.39. The lowest BCUT2D eigenvalue weighted by Gasteiger charge is -2.36. The van der Waals surface area contributed by atoms with Crippen LogP contribution in [-0.4, -0.2) is 48.1 Å². The Kier molecular flexibility index (Phi) is 6.43. The summed E-state index contributed by atoms with van der Waals surface area (Å²) in [5, 5.41) is 10.8. The number of nitrogens with zero attached hydrogens (tertiary/aromatic N) is 2. The summed E-state index contributed by atoms with van der Waals surface area (Å²) in [6.07, 6.45) is 11.5. The quantitative estimate of drug-likeness (QED) is 0.516. The summed E-state index contributed by atoms with van der Waals surface area (Å²) in [5.74, 6) is 0.526. The second-order valence-electron chi connectivity index (χ2n) is 8.35. The molecule has 1 atom stereocenters. The van der Waals surface area contributed by atoms with Crippen molar-refractivity contribution < 1.29 is 4.79 Å². The van der Waals surface area contributed by atoms with E-state index in [-0.39, 0.29) is 5.91 Å². The van der Waals surface area contributed by atoms with Crippen molar-refractivity contribution in [1.82, 2.24) is 20.6 Å². The third-order valence-corrected chi connectivity index (χ3v) is 6.11. The molecular formula is C22H29BrN6O. The van der Waals surface area contributed by atoms with Gasteiger partial charge in [0, 0.05) is 43.6 Å². The highest BCUT2D eigenvalue weighted by atomic mass is 79.9. The Bertz CT molecular complexity index is 979. The van der Waals surface area contributed by atoms with E-state index in [0.29, 0.717) is 24.1 Å². The highest BCUT2D eigenvalue weighted by molar-refractivity contribution is 9.10. The summed E-state index contributed by atoms with van der Waals surface area (Å²) in [7, 11) is 0. The lowest BCUT2D eigenvalue weighted by molar-refractivity contribution is -0.112. The Balaban J connectivity index is 1.62. The molecule has 1 fully saturated rings. The smallest absolute Gasteiger partial charge is 0.253 e. The third kappa shape index (κ3) is 4.54. The average Bonchev–Trinajstić information content (AvgIpc) is 3.15. The van der Waals surface area contributed by atoms with Crippen molar-refractivity contribution >= 4 is 44.2 Å². The Morgan fingerprint density at radius 1 is 1.43 bits per heavy atom. The summed E-state index contributed by atoms with van der Waals surface area (Å²) < 4.78 is 0.941. The van der Waals surface area contributed by atoms with E-state index < -0.39 is 0 Å². The second kappa shape index (κ2) is 9.22. The average molecular weight is 473 g/mol. The van der Waals surface area contributed by atoms with Crippen molar-refractivity contribution in [2.24, 2.45) is 5.92 Å². The van der Waals surface area contributed by atoms with Gasteiger partial charge in [0.05, 0.1) is 21.2 Å². The molecule has 4 rings (SSSR count). The van der Waals surface area contributed by atoms with E-state index in [2.05, 4.69) is 60.6 Å². The molecule has 0 aliphatic carbocycles. The van der Waals surface area contributed by atoms with Crippen LogP contribution in [0.25, 0.3) is 11.0 Å². The van der Waals surface area contributed by atoms with Gasteiger partial charge in [-0.05, 0) is 53.5 Å². The molecule has 0 spiro atoms. The zero-order valence-corrected chi connectivity index (χ0v) is 19.1. The maximum atomic E-state index is 12.8. The number of piperidine rings is 1. The number of anilines is 2. The van der Waals surface area contributed by atoms with Crippen molar-refractivity contribution in [2.45, 2.75) is 32.7 Å². The molecule has 0 bridgehead atoms. The molecule has 0 saturated carbocycles. The summed E-state index contributed by atoms with van der Waals surface area (Å²) >= 11 is 3.72. The van der Waals surface area contributed by atoms with Gasteiger partial charge in [-0.15, -0.1) is 0 Å². The summed E-state index contributed by atoms with van der Waals surface area (Å²) in [4.78, 5) is 22.9. The first-order chi connectivity index (χ1) is 14.5. The van der Waals surface area contributed by atoms with Crippen molar-refractivity contribution in [2.75, 3.05) is 36.4 Å². The number of aromatic amines is 1. The van der Waals surface area contributed by atoms with Crippen LogP contribution < -0.4 is 20.9 Å². The van der Waals surface area contributed by atoms with Crippen LogP contribution in [0.3, 0.4) is 0 Å². The van der Waals surface area contributed by atoms with Crippen molar-refractivity contribution in [3.63, 3.8) is 0 Å². The minimum atomic E-state index is -0.103. The number of allylic oxidation sites excluding steroid dienone is 2. The van der Waals surface area contributed by atoms with Gasteiger partial charge in [-0.3, -0.25) is 4.79 Å². The Labute approximate surface area is 185 Å². The van der Waals surface area contributed by atoms with Crippen LogP contribution in [0.1, 0.15) is 26.7 Å². The number of aromatic nitrogens is 2. The van der Waals surface area contributed by atoms with Crippen LogP contribution in [-0.2, 0) is 4.79 Å². The Morgan fingerprint density at radius 3 is 3.07 bits per heavy atom. The van der Waals surface area contributed by atoms with Crippen LogP contribution in [0.5, 0.6) is 0 Å². The summed E-state index contributed by atoms with van der Waals surface area (Å²) in [6, 6.07) is 0.457. The molecule has 1 saturated heterocycles. The first-order valence-electron chi connectivity index (χ1n) is 10.6. The molecular weight excluding hydrogens is 444 g/mol. The predicted molar refractivity (Wildman–Crippen MR) is 126 cm³/mol. The van der Waals surface area contributed by atoms with E-state index in [4.69, 9.17) is 0 Å². The summed E-state index contributed by atoms with van der Waals surface area (Å²) in [6.45, 7) is 7.93. The number of H-pyrrole nitrogens is 1. The van der Waals surface area contributed by atoms with Crippen LogP contribution in [0, 0.1) is 5.92 Å². The number of carbonyl (C=O) groups is 1. The van der Waals surface area contributed by atoms with Gasteiger partial charge in [0.1, 0.15) is 5.65 Å². The molecule has 4 N–H and O–H groups in total. The largest absolute Gasteiger partial charge is 0.387 e. The lowest BCUT2D eigenvalue weighted by Crippen LogP contribution is -2.46. The third-order valence-electron chi connectivity index (χ3n) is 5.53. The number of rotatable bonds is 6. The summed E-state index contributed by atoms with van der Waals surface area (Å²) in [5.41, 5.74) is 3.32. The highest BCUT2D eigenvalue weighted by Gasteiger charge is 2.25. The lowest BCUT2D eigenvalue weighted by atomic mass is 10.0. The van der Waals surface area contributed by atoms with E-state index in [9.17, 15) is 4.79 Å². The monoisotopic (exact) mass is 472 g/mol. The molecule has 2 aliphatic heterocycles. The second-order valence-corrected chi connectivity index (χ2v) is 9.21. The maximum Gasteiger partial charge on any atom is 0.253 e. The number of nitrogens with one attached hydrogen (secondary N) is 4. The van der Waals surface area contributed by atoms with Gasteiger partial charge in [0.15, 0.2) is 0 Å². The molecule has 0 aromatic carbocycles. The van der Waals surface area contributed by atoms with Gasteiger partial charge in [0.2, 0.25) is 0 Å². The minimum Gasteiger partial charge on any atom is -0.387 e. The molecule has 2 aromatic heterocycles. The molecule has 160 valence electrons. The number of pyridine rings is 1.